The number of carbonyl (C=O) groups excluding carboxylic acids is 2. The van der Waals surface area contributed by atoms with E-state index in [1.807, 2.05) is 5.38 Å². The third-order valence-electron chi connectivity index (χ3n) is 4.46. The number of nitrogens with two attached hydrogens (primary N) is 1. The lowest BCUT2D eigenvalue weighted by Gasteiger charge is -2.16. The Hall–Kier alpha value is -1.90. The molecule has 1 fully saturated rings. The first kappa shape index (κ1) is 20.4. The largest absolute Gasteiger partial charge is 0.458 e. The Morgan fingerprint density at radius 2 is 2.19 bits per heavy atom. The molecule has 0 aliphatic heterocycles. The summed E-state index contributed by atoms with van der Waals surface area (Å²) >= 11 is 1.36. The van der Waals surface area contributed by atoms with Crippen LogP contribution in [0.25, 0.3) is 11.5 Å². The van der Waals surface area contributed by atoms with E-state index in [-0.39, 0.29) is 36.1 Å². The van der Waals surface area contributed by atoms with Crippen molar-refractivity contribution in [3.8, 4) is 11.5 Å². The Labute approximate surface area is 162 Å². The maximum Gasteiger partial charge on any atom is 0.229 e. The van der Waals surface area contributed by atoms with E-state index in [4.69, 9.17) is 10.2 Å². The second-order valence-corrected chi connectivity index (χ2v) is 7.09. The molecule has 2 amide bonds. The molecular weight excluding hydrogens is 376 g/mol. The van der Waals surface area contributed by atoms with Crippen molar-refractivity contribution in [2.75, 3.05) is 11.9 Å². The van der Waals surface area contributed by atoms with Gasteiger partial charge in [0, 0.05) is 18.2 Å². The molecule has 7 nitrogen and oxygen atoms in total. The molecule has 0 radical (unpaired) electrons. The fraction of sp³-hybridized carbons (Fsp3) is 0.471. The summed E-state index contributed by atoms with van der Waals surface area (Å²) in [5, 5.41) is 7.98. The summed E-state index contributed by atoms with van der Waals surface area (Å²) in [6.45, 7) is 2.34. The predicted molar refractivity (Wildman–Crippen MR) is 103 cm³/mol. The molecule has 3 rings (SSSR count). The van der Waals surface area contributed by atoms with E-state index < -0.39 is 0 Å². The number of rotatable bonds is 6. The molecule has 26 heavy (non-hydrogen) atoms. The number of aromatic nitrogens is 1. The number of halogens is 1. The van der Waals surface area contributed by atoms with Gasteiger partial charge in [0.05, 0.1) is 6.54 Å². The Kier molecular flexibility index (Phi) is 7.19. The minimum atomic E-state index is -0.112. The molecule has 0 bridgehead atoms. The van der Waals surface area contributed by atoms with Gasteiger partial charge in [0.15, 0.2) is 10.9 Å². The van der Waals surface area contributed by atoms with Gasteiger partial charge in [-0.15, -0.1) is 23.7 Å². The van der Waals surface area contributed by atoms with Crippen molar-refractivity contribution >= 4 is 40.7 Å². The van der Waals surface area contributed by atoms with Crippen molar-refractivity contribution < 1.29 is 14.0 Å². The molecule has 2 atom stereocenters. The van der Waals surface area contributed by atoms with Crippen LogP contribution < -0.4 is 16.4 Å². The molecule has 0 spiro atoms. The number of nitrogens with one attached hydrogen (secondary N) is 2. The fourth-order valence-corrected chi connectivity index (χ4v) is 3.83. The van der Waals surface area contributed by atoms with E-state index in [2.05, 4.69) is 15.6 Å². The molecule has 4 N–H and O–H groups in total. The van der Waals surface area contributed by atoms with Crippen LogP contribution in [0.15, 0.2) is 21.9 Å². The first-order valence-corrected chi connectivity index (χ1v) is 9.24. The second-order valence-electron chi connectivity index (χ2n) is 6.24. The number of nitrogens with zero attached hydrogens (tertiary/aromatic N) is 1. The van der Waals surface area contributed by atoms with Gasteiger partial charge in [-0.05, 0) is 37.4 Å². The van der Waals surface area contributed by atoms with Crippen LogP contribution in [-0.4, -0.2) is 23.3 Å². The molecule has 0 aromatic carbocycles. The molecule has 2 aromatic rings. The van der Waals surface area contributed by atoms with E-state index >= 15 is 0 Å². The molecule has 0 saturated heterocycles. The van der Waals surface area contributed by atoms with Crippen LogP contribution >= 0.6 is 23.7 Å². The Morgan fingerprint density at radius 3 is 2.92 bits per heavy atom. The van der Waals surface area contributed by atoms with E-state index in [0.717, 1.165) is 19.3 Å². The van der Waals surface area contributed by atoms with Gasteiger partial charge in [0.25, 0.3) is 0 Å². The molecule has 1 saturated carbocycles. The monoisotopic (exact) mass is 398 g/mol. The highest BCUT2D eigenvalue weighted by Crippen LogP contribution is 2.33. The highest BCUT2D eigenvalue weighted by molar-refractivity contribution is 7.14. The number of hydrogen-bond acceptors (Lipinski definition) is 6. The highest BCUT2D eigenvalue weighted by Gasteiger charge is 2.32. The molecule has 9 heteroatoms. The summed E-state index contributed by atoms with van der Waals surface area (Å²) < 4.78 is 5.67. The summed E-state index contributed by atoms with van der Waals surface area (Å²) in [7, 11) is 0. The van der Waals surface area contributed by atoms with Crippen LogP contribution in [0.3, 0.4) is 0 Å². The third kappa shape index (κ3) is 4.84. The normalized spacial score (nSPS) is 19.0. The number of anilines is 1. The minimum absolute atomic E-state index is 0. The number of carbonyl (C=O) groups is 2. The summed E-state index contributed by atoms with van der Waals surface area (Å²) in [6, 6.07) is 3.60. The van der Waals surface area contributed by atoms with Crippen molar-refractivity contribution in [3.63, 3.8) is 0 Å². The number of amides is 2. The summed E-state index contributed by atoms with van der Waals surface area (Å²) in [5.41, 5.74) is 6.41. The van der Waals surface area contributed by atoms with Gasteiger partial charge < -0.3 is 20.8 Å². The number of thiazole rings is 1. The average Bonchev–Trinajstić information content (AvgIpc) is 3.32. The van der Waals surface area contributed by atoms with E-state index in [1.54, 1.807) is 12.1 Å². The molecule has 2 aromatic heterocycles. The number of furan rings is 1. The molecule has 142 valence electrons. The van der Waals surface area contributed by atoms with Crippen LogP contribution in [-0.2, 0) is 16.1 Å². The summed E-state index contributed by atoms with van der Waals surface area (Å²) in [6.07, 6.45) is 2.95. The first-order chi connectivity index (χ1) is 12.1. The zero-order chi connectivity index (χ0) is 17.8. The van der Waals surface area contributed by atoms with Crippen molar-refractivity contribution in [2.24, 2.45) is 17.6 Å². The van der Waals surface area contributed by atoms with Crippen LogP contribution in [0.4, 0.5) is 5.13 Å². The van der Waals surface area contributed by atoms with Crippen molar-refractivity contribution in [1.82, 2.24) is 10.3 Å². The van der Waals surface area contributed by atoms with Gasteiger partial charge in [0.1, 0.15) is 11.5 Å². The lowest BCUT2D eigenvalue weighted by atomic mass is 9.95. The maximum atomic E-state index is 12.4. The summed E-state index contributed by atoms with van der Waals surface area (Å²) in [5.74, 6) is 1.39. The first-order valence-electron chi connectivity index (χ1n) is 8.37. The second kappa shape index (κ2) is 9.16. The lowest BCUT2D eigenvalue weighted by molar-refractivity contribution is -0.121. The van der Waals surface area contributed by atoms with Gasteiger partial charge in [-0.25, -0.2) is 4.98 Å². The number of hydrogen-bond donors (Lipinski definition) is 3. The standard InChI is InChI=1S/C17H22N4O3S.ClH/c1-10(22)19-8-12-5-6-15(24-12)14-9-25-17(20-14)21-16(23)13-4-2-3-11(13)7-18;/h5-6,9,11,13H,2-4,7-8,18H2,1H3,(H,19,22)(H,20,21,23);1H/t11-,13-;/m1./s1. The van der Waals surface area contributed by atoms with Crippen molar-refractivity contribution in [1.29, 1.82) is 0 Å². The zero-order valence-electron chi connectivity index (χ0n) is 14.5. The SMILES string of the molecule is CC(=O)NCc1ccc(-c2csc(NC(=O)[C@@H]3CCC[C@@H]3CN)n2)o1.Cl. The Morgan fingerprint density at radius 1 is 1.38 bits per heavy atom. The zero-order valence-corrected chi connectivity index (χ0v) is 16.1. The van der Waals surface area contributed by atoms with Gasteiger partial charge in [-0.2, -0.15) is 0 Å². The fourth-order valence-electron chi connectivity index (χ4n) is 3.13. The van der Waals surface area contributed by atoms with Gasteiger partial charge >= 0.3 is 0 Å². The molecule has 2 heterocycles. The van der Waals surface area contributed by atoms with Crippen molar-refractivity contribution in [2.45, 2.75) is 32.7 Å². The van der Waals surface area contributed by atoms with E-state index in [1.165, 1.54) is 18.3 Å². The minimum Gasteiger partial charge on any atom is -0.458 e. The predicted octanol–water partition coefficient (Wildman–Crippen LogP) is 2.77. The quantitative estimate of drug-likeness (QED) is 0.692. The van der Waals surface area contributed by atoms with Crippen LogP contribution in [0.5, 0.6) is 0 Å². The van der Waals surface area contributed by atoms with Crippen LogP contribution in [0.1, 0.15) is 31.9 Å². The Balaban J connectivity index is 0.00000243. The summed E-state index contributed by atoms with van der Waals surface area (Å²) in [4.78, 5) is 27.8. The Bertz CT molecular complexity index is 761. The molecule has 1 aliphatic carbocycles. The van der Waals surface area contributed by atoms with Gasteiger partial charge in [-0.3, -0.25) is 9.59 Å². The smallest absolute Gasteiger partial charge is 0.229 e. The van der Waals surface area contributed by atoms with E-state index in [0.29, 0.717) is 35.4 Å². The maximum absolute atomic E-state index is 12.4. The van der Waals surface area contributed by atoms with Crippen molar-refractivity contribution in [3.05, 3.63) is 23.3 Å². The topological polar surface area (TPSA) is 110 Å². The van der Waals surface area contributed by atoms with Crippen LogP contribution in [0.2, 0.25) is 0 Å². The molecular formula is C17H23ClN4O3S. The highest BCUT2D eigenvalue weighted by atomic mass is 35.5. The lowest BCUT2D eigenvalue weighted by Crippen LogP contribution is -2.29. The average molecular weight is 399 g/mol. The third-order valence-corrected chi connectivity index (χ3v) is 5.22. The van der Waals surface area contributed by atoms with Gasteiger partial charge in [-0.1, -0.05) is 6.42 Å². The molecule has 0 unspecified atom stereocenters. The van der Waals surface area contributed by atoms with Gasteiger partial charge in [0.2, 0.25) is 11.8 Å². The van der Waals surface area contributed by atoms with E-state index in [9.17, 15) is 9.59 Å². The molecule has 1 aliphatic rings. The van der Waals surface area contributed by atoms with Crippen LogP contribution in [0, 0.1) is 11.8 Å².